The SMILES string of the molecule is CCCC1CNCCC12CCCC(C)C2. The summed E-state index contributed by atoms with van der Waals surface area (Å²) < 4.78 is 0. The average molecular weight is 209 g/mol. The van der Waals surface area contributed by atoms with Crippen LogP contribution in [0.25, 0.3) is 0 Å². The van der Waals surface area contributed by atoms with Crippen LogP contribution >= 0.6 is 0 Å². The van der Waals surface area contributed by atoms with Gasteiger partial charge in [0.2, 0.25) is 0 Å². The van der Waals surface area contributed by atoms with Crippen LogP contribution < -0.4 is 5.32 Å². The van der Waals surface area contributed by atoms with E-state index in [1.807, 2.05) is 0 Å². The van der Waals surface area contributed by atoms with E-state index in [4.69, 9.17) is 0 Å². The molecule has 3 atom stereocenters. The zero-order chi connectivity index (χ0) is 10.7. The van der Waals surface area contributed by atoms with Crippen molar-refractivity contribution in [3.8, 4) is 0 Å². The number of hydrogen-bond acceptors (Lipinski definition) is 1. The molecule has 0 aromatic carbocycles. The molecule has 0 radical (unpaired) electrons. The highest BCUT2D eigenvalue weighted by Gasteiger charge is 2.42. The summed E-state index contributed by atoms with van der Waals surface area (Å²) >= 11 is 0. The second kappa shape index (κ2) is 4.86. The minimum absolute atomic E-state index is 0.735. The van der Waals surface area contributed by atoms with Crippen molar-refractivity contribution < 1.29 is 0 Å². The molecule has 1 saturated heterocycles. The minimum atomic E-state index is 0.735. The molecular formula is C14H27N. The minimum Gasteiger partial charge on any atom is -0.316 e. The van der Waals surface area contributed by atoms with Crippen molar-refractivity contribution in [3.63, 3.8) is 0 Å². The lowest BCUT2D eigenvalue weighted by Gasteiger charge is -2.49. The van der Waals surface area contributed by atoms with Gasteiger partial charge >= 0.3 is 0 Å². The lowest BCUT2D eigenvalue weighted by Crippen LogP contribution is -2.47. The summed E-state index contributed by atoms with van der Waals surface area (Å²) in [4.78, 5) is 0. The fourth-order valence-electron chi connectivity index (χ4n) is 4.09. The first kappa shape index (κ1) is 11.4. The summed E-state index contributed by atoms with van der Waals surface area (Å²) in [5.74, 6) is 1.95. The van der Waals surface area contributed by atoms with Gasteiger partial charge in [0.25, 0.3) is 0 Å². The summed E-state index contributed by atoms with van der Waals surface area (Å²) in [7, 11) is 0. The zero-order valence-electron chi connectivity index (χ0n) is 10.5. The molecule has 1 nitrogen and oxygen atoms in total. The molecule has 0 aromatic rings. The van der Waals surface area contributed by atoms with E-state index in [9.17, 15) is 0 Å². The maximum Gasteiger partial charge on any atom is -0.00152 e. The molecule has 88 valence electrons. The summed E-state index contributed by atoms with van der Waals surface area (Å²) in [6, 6.07) is 0. The predicted octanol–water partition coefficient (Wildman–Crippen LogP) is 3.59. The van der Waals surface area contributed by atoms with Crippen LogP contribution in [0.5, 0.6) is 0 Å². The van der Waals surface area contributed by atoms with Crippen LogP contribution in [0.3, 0.4) is 0 Å². The first-order valence-electron chi connectivity index (χ1n) is 6.97. The van der Waals surface area contributed by atoms with Crippen LogP contribution in [-0.4, -0.2) is 13.1 Å². The van der Waals surface area contributed by atoms with Gasteiger partial charge in [-0.15, -0.1) is 0 Å². The molecule has 1 spiro atoms. The third-order valence-corrected chi connectivity index (χ3v) is 4.82. The van der Waals surface area contributed by atoms with Crippen molar-refractivity contribution in [2.75, 3.05) is 13.1 Å². The van der Waals surface area contributed by atoms with Crippen LogP contribution in [0, 0.1) is 17.3 Å². The second-order valence-corrected chi connectivity index (χ2v) is 6.00. The van der Waals surface area contributed by atoms with E-state index in [1.165, 1.54) is 58.0 Å². The molecule has 1 saturated carbocycles. The number of piperidine rings is 1. The number of rotatable bonds is 2. The summed E-state index contributed by atoms with van der Waals surface area (Å²) in [5.41, 5.74) is 0.735. The molecule has 1 heteroatoms. The Morgan fingerprint density at radius 3 is 2.93 bits per heavy atom. The molecule has 0 amide bonds. The van der Waals surface area contributed by atoms with E-state index in [0.717, 1.165) is 17.3 Å². The Hall–Kier alpha value is -0.0400. The largest absolute Gasteiger partial charge is 0.316 e. The first-order valence-corrected chi connectivity index (χ1v) is 6.97. The van der Waals surface area contributed by atoms with Gasteiger partial charge in [-0.25, -0.2) is 0 Å². The average Bonchev–Trinajstić information content (AvgIpc) is 2.22. The van der Waals surface area contributed by atoms with Gasteiger partial charge in [-0.1, -0.05) is 33.1 Å². The van der Waals surface area contributed by atoms with Crippen molar-refractivity contribution in [1.29, 1.82) is 0 Å². The zero-order valence-corrected chi connectivity index (χ0v) is 10.5. The molecule has 0 aromatic heterocycles. The van der Waals surface area contributed by atoms with E-state index in [2.05, 4.69) is 19.2 Å². The van der Waals surface area contributed by atoms with Crippen LogP contribution in [0.15, 0.2) is 0 Å². The Morgan fingerprint density at radius 2 is 2.20 bits per heavy atom. The Balaban J connectivity index is 2.06. The van der Waals surface area contributed by atoms with Gasteiger partial charge in [-0.3, -0.25) is 0 Å². The molecule has 1 aliphatic carbocycles. The number of nitrogens with one attached hydrogen (secondary N) is 1. The van der Waals surface area contributed by atoms with E-state index >= 15 is 0 Å². The van der Waals surface area contributed by atoms with Gasteiger partial charge in [-0.05, 0) is 56.0 Å². The fourth-order valence-corrected chi connectivity index (χ4v) is 4.09. The summed E-state index contributed by atoms with van der Waals surface area (Å²) in [6.07, 6.45) is 10.3. The van der Waals surface area contributed by atoms with Crippen LogP contribution in [0.2, 0.25) is 0 Å². The van der Waals surface area contributed by atoms with Crippen molar-refractivity contribution in [1.82, 2.24) is 5.32 Å². The molecule has 15 heavy (non-hydrogen) atoms. The van der Waals surface area contributed by atoms with E-state index in [0.29, 0.717) is 0 Å². The van der Waals surface area contributed by atoms with Gasteiger partial charge in [0.15, 0.2) is 0 Å². The monoisotopic (exact) mass is 209 g/mol. The molecule has 3 unspecified atom stereocenters. The standard InChI is InChI=1S/C14H27N/c1-3-5-13-11-15-9-8-14(13)7-4-6-12(2)10-14/h12-13,15H,3-11H2,1-2H3. The van der Waals surface area contributed by atoms with Crippen molar-refractivity contribution in [3.05, 3.63) is 0 Å². The smallest absolute Gasteiger partial charge is 0.00152 e. The van der Waals surface area contributed by atoms with E-state index < -0.39 is 0 Å². The molecule has 1 N–H and O–H groups in total. The Morgan fingerprint density at radius 1 is 1.33 bits per heavy atom. The fraction of sp³-hybridized carbons (Fsp3) is 1.00. The van der Waals surface area contributed by atoms with Gasteiger partial charge in [-0.2, -0.15) is 0 Å². The van der Waals surface area contributed by atoms with Gasteiger partial charge in [0, 0.05) is 0 Å². The predicted molar refractivity (Wildman–Crippen MR) is 65.9 cm³/mol. The highest BCUT2D eigenvalue weighted by molar-refractivity contribution is 4.94. The first-order chi connectivity index (χ1) is 7.27. The van der Waals surface area contributed by atoms with Crippen molar-refractivity contribution >= 4 is 0 Å². The number of hydrogen-bond donors (Lipinski definition) is 1. The topological polar surface area (TPSA) is 12.0 Å². The van der Waals surface area contributed by atoms with Crippen LogP contribution in [0.4, 0.5) is 0 Å². The highest BCUT2D eigenvalue weighted by Crippen LogP contribution is 2.49. The highest BCUT2D eigenvalue weighted by atomic mass is 14.9. The lowest BCUT2D eigenvalue weighted by atomic mass is 9.59. The van der Waals surface area contributed by atoms with Crippen molar-refractivity contribution in [2.24, 2.45) is 17.3 Å². The van der Waals surface area contributed by atoms with Gasteiger partial charge < -0.3 is 5.32 Å². The summed E-state index contributed by atoms with van der Waals surface area (Å²) in [5, 5.41) is 3.61. The quantitative estimate of drug-likeness (QED) is 0.733. The third kappa shape index (κ3) is 2.38. The van der Waals surface area contributed by atoms with Gasteiger partial charge in [0.1, 0.15) is 0 Å². The maximum atomic E-state index is 3.61. The Kier molecular flexibility index (Phi) is 3.71. The Labute approximate surface area is 95.0 Å². The van der Waals surface area contributed by atoms with Crippen LogP contribution in [0.1, 0.15) is 58.8 Å². The Bertz CT molecular complexity index is 196. The van der Waals surface area contributed by atoms with E-state index in [1.54, 1.807) is 0 Å². The molecule has 1 heterocycles. The lowest BCUT2D eigenvalue weighted by molar-refractivity contribution is 0.0318. The molecule has 2 rings (SSSR count). The molecule has 0 bridgehead atoms. The normalized spacial score (nSPS) is 42.0. The van der Waals surface area contributed by atoms with E-state index in [-0.39, 0.29) is 0 Å². The molecule has 2 fully saturated rings. The van der Waals surface area contributed by atoms with Gasteiger partial charge in [0.05, 0.1) is 0 Å². The maximum absolute atomic E-state index is 3.61. The second-order valence-electron chi connectivity index (χ2n) is 6.00. The molecule has 1 aliphatic heterocycles. The van der Waals surface area contributed by atoms with Crippen LogP contribution in [-0.2, 0) is 0 Å². The summed E-state index contributed by atoms with van der Waals surface area (Å²) in [6.45, 7) is 7.37. The van der Waals surface area contributed by atoms with Crippen molar-refractivity contribution in [2.45, 2.75) is 58.8 Å². The molecule has 2 aliphatic rings. The molecular weight excluding hydrogens is 182 g/mol. The third-order valence-electron chi connectivity index (χ3n) is 4.82.